The van der Waals surface area contributed by atoms with Crippen molar-refractivity contribution in [2.24, 2.45) is 5.92 Å². The Labute approximate surface area is 219 Å². The van der Waals surface area contributed by atoms with E-state index in [2.05, 4.69) is 43.2 Å². The second kappa shape index (κ2) is 12.2. The van der Waals surface area contributed by atoms with Crippen LogP contribution in [0.4, 0.5) is 0 Å². The Morgan fingerprint density at radius 2 is 1.53 bits per heavy atom. The number of hydrogen-bond donors (Lipinski definition) is 2. The minimum Gasteiger partial charge on any atom is -0.493 e. The highest BCUT2D eigenvalue weighted by Crippen LogP contribution is 2.33. The van der Waals surface area contributed by atoms with Crippen LogP contribution < -0.4 is 9.47 Å². The van der Waals surface area contributed by atoms with Gasteiger partial charge in [-0.15, -0.1) is 16.7 Å². The largest absolute Gasteiger partial charge is 0.493 e. The molecule has 0 amide bonds. The smallest absolute Gasteiger partial charge is 0.125 e. The Balaban J connectivity index is 1.56. The summed E-state index contributed by atoms with van der Waals surface area (Å²) in [6.07, 6.45) is -0.758. The predicted octanol–water partition coefficient (Wildman–Crippen LogP) is 4.39. The molecular formula is C25H31ClIN3O4. The van der Waals surface area contributed by atoms with Gasteiger partial charge in [-0.3, -0.25) is 0 Å². The van der Waals surface area contributed by atoms with Crippen LogP contribution in [-0.4, -0.2) is 50.4 Å². The molecule has 2 N–H and O–H groups in total. The number of alkyl halides is 1. The topological polar surface area (TPSA) is 89.6 Å². The molecule has 0 radical (unpaired) electrons. The van der Waals surface area contributed by atoms with Gasteiger partial charge in [-0.1, -0.05) is 50.3 Å². The molecule has 0 aliphatic carbocycles. The van der Waals surface area contributed by atoms with E-state index >= 15 is 0 Å². The van der Waals surface area contributed by atoms with Crippen molar-refractivity contribution < 1.29 is 19.7 Å². The molecule has 7 nitrogen and oxygen atoms in total. The summed E-state index contributed by atoms with van der Waals surface area (Å²) in [5.74, 6) is 2.41. The summed E-state index contributed by atoms with van der Waals surface area (Å²) in [6.45, 7) is 7.20. The van der Waals surface area contributed by atoms with Gasteiger partial charge in [0.25, 0.3) is 0 Å². The standard InChI is InChI=1S/C25H31ClIN3O4/c1-17(12-26)15-33-21-8-4-18(5-9-21)25(2,3)19-6-10-22(11-7-19)34-16-20(32)13-30-24(27)23(14-31)28-29-30/h4-11,17,20,31-32H,12-16H2,1-3H3/t17-,20-/m1/s1/i27-4. The van der Waals surface area contributed by atoms with E-state index in [0.717, 1.165) is 11.3 Å². The fourth-order valence-electron chi connectivity index (χ4n) is 3.38. The number of halogens is 2. The van der Waals surface area contributed by atoms with E-state index in [0.29, 0.717) is 33.5 Å². The molecule has 0 fully saturated rings. The summed E-state index contributed by atoms with van der Waals surface area (Å²) in [5.41, 5.74) is 2.63. The molecule has 9 heteroatoms. The first-order valence-electron chi connectivity index (χ1n) is 11.1. The molecule has 0 aliphatic rings. The fourth-order valence-corrected chi connectivity index (χ4v) is 4.04. The third kappa shape index (κ3) is 6.84. The van der Waals surface area contributed by atoms with Crippen molar-refractivity contribution in [1.82, 2.24) is 15.0 Å². The van der Waals surface area contributed by atoms with Gasteiger partial charge in [-0.2, -0.15) is 0 Å². The van der Waals surface area contributed by atoms with E-state index in [1.807, 2.05) is 59.0 Å². The summed E-state index contributed by atoms with van der Waals surface area (Å²) in [4.78, 5) is 0. The zero-order valence-electron chi connectivity index (χ0n) is 19.6. The van der Waals surface area contributed by atoms with Crippen LogP contribution in [0.3, 0.4) is 0 Å². The third-order valence-corrected chi connectivity index (χ3v) is 7.37. The van der Waals surface area contributed by atoms with Gasteiger partial charge in [-0.05, 0) is 58.0 Å². The van der Waals surface area contributed by atoms with Gasteiger partial charge in [0, 0.05) is 17.2 Å². The van der Waals surface area contributed by atoms with E-state index in [-0.39, 0.29) is 25.2 Å². The maximum atomic E-state index is 10.3. The van der Waals surface area contributed by atoms with Crippen molar-refractivity contribution in [3.05, 3.63) is 69.1 Å². The number of rotatable bonds is 12. The van der Waals surface area contributed by atoms with Crippen LogP contribution in [0.25, 0.3) is 0 Å². The molecule has 2 atom stereocenters. The van der Waals surface area contributed by atoms with Gasteiger partial charge in [0.15, 0.2) is 0 Å². The number of nitrogens with zero attached hydrogens (tertiary/aromatic N) is 3. The van der Waals surface area contributed by atoms with Gasteiger partial charge in [0.05, 0.1) is 19.8 Å². The molecule has 3 aromatic rings. The summed E-state index contributed by atoms with van der Waals surface area (Å²) in [6, 6.07) is 16.1. The van der Waals surface area contributed by atoms with Crippen molar-refractivity contribution in [2.45, 2.75) is 45.4 Å². The molecule has 0 unspecified atom stereocenters. The minimum atomic E-state index is -0.758. The Kier molecular flexibility index (Phi) is 9.58. The van der Waals surface area contributed by atoms with Crippen molar-refractivity contribution in [1.29, 1.82) is 0 Å². The summed E-state index contributed by atoms with van der Waals surface area (Å²) in [7, 11) is 0. The predicted molar refractivity (Wildman–Crippen MR) is 141 cm³/mol. The zero-order valence-corrected chi connectivity index (χ0v) is 22.5. The number of benzene rings is 2. The first kappa shape index (κ1) is 26.7. The molecule has 0 spiro atoms. The highest BCUT2D eigenvalue weighted by atomic mass is 123. The van der Waals surface area contributed by atoms with E-state index < -0.39 is 6.10 Å². The highest BCUT2D eigenvalue weighted by Gasteiger charge is 2.23. The average molecular weight is 596 g/mol. The zero-order chi connectivity index (χ0) is 24.7. The summed E-state index contributed by atoms with van der Waals surface area (Å²) < 4.78 is 13.8. The van der Waals surface area contributed by atoms with Crippen molar-refractivity contribution >= 4 is 34.2 Å². The van der Waals surface area contributed by atoms with E-state index in [4.69, 9.17) is 21.1 Å². The van der Waals surface area contributed by atoms with Crippen molar-refractivity contribution in [3.63, 3.8) is 0 Å². The lowest BCUT2D eigenvalue weighted by Gasteiger charge is -2.26. The van der Waals surface area contributed by atoms with Crippen LogP contribution in [0.2, 0.25) is 0 Å². The van der Waals surface area contributed by atoms with E-state index in [1.165, 1.54) is 5.56 Å². The Bertz CT molecular complexity index is 1040. The SMILES string of the molecule is C[C@H](CCl)COc1ccc(C(C)(C)c2ccc(OC[C@H](O)Cn3nnc(CO)c3[123I])cc2)cc1. The first-order chi connectivity index (χ1) is 16.2. The van der Waals surface area contributed by atoms with Crippen LogP contribution in [0.15, 0.2) is 48.5 Å². The third-order valence-electron chi connectivity index (χ3n) is 5.66. The van der Waals surface area contributed by atoms with Gasteiger partial charge >= 0.3 is 0 Å². The average Bonchev–Trinajstić information content (AvgIpc) is 3.20. The fraction of sp³-hybridized carbons (Fsp3) is 0.440. The van der Waals surface area contributed by atoms with Gasteiger partial charge in [0.1, 0.15) is 33.6 Å². The number of aliphatic hydroxyl groups excluding tert-OH is 2. The lowest BCUT2D eigenvalue weighted by molar-refractivity contribution is 0.0881. The Morgan fingerprint density at radius 3 is 2.00 bits per heavy atom. The maximum absolute atomic E-state index is 10.3. The molecule has 2 aromatic carbocycles. The lowest BCUT2D eigenvalue weighted by Crippen LogP contribution is -2.25. The maximum Gasteiger partial charge on any atom is 0.125 e. The number of ether oxygens (including phenoxy) is 2. The molecule has 0 saturated carbocycles. The van der Waals surface area contributed by atoms with Gasteiger partial charge in [-0.25, -0.2) is 4.68 Å². The second-order valence-electron chi connectivity index (χ2n) is 8.88. The highest BCUT2D eigenvalue weighted by molar-refractivity contribution is 14.1. The molecule has 0 bridgehead atoms. The molecule has 34 heavy (non-hydrogen) atoms. The van der Waals surface area contributed by atoms with Crippen LogP contribution in [0.1, 0.15) is 37.6 Å². The number of aromatic nitrogens is 3. The van der Waals surface area contributed by atoms with Gasteiger partial charge in [0.2, 0.25) is 0 Å². The Hall–Kier alpha value is -1.88. The molecule has 3 rings (SSSR count). The van der Waals surface area contributed by atoms with E-state index in [9.17, 15) is 10.2 Å². The first-order valence-corrected chi connectivity index (χ1v) is 12.7. The van der Waals surface area contributed by atoms with Crippen LogP contribution in [-0.2, 0) is 18.6 Å². The number of aliphatic hydroxyl groups is 2. The lowest BCUT2D eigenvalue weighted by atomic mass is 9.78. The molecule has 1 aromatic heterocycles. The second-order valence-corrected chi connectivity index (χ2v) is 10.2. The quantitative estimate of drug-likeness (QED) is 0.239. The molecule has 0 aliphatic heterocycles. The summed E-state index contributed by atoms with van der Waals surface area (Å²) >= 11 is 7.90. The van der Waals surface area contributed by atoms with Crippen LogP contribution in [0, 0.1) is 9.62 Å². The Morgan fingerprint density at radius 1 is 1.00 bits per heavy atom. The number of hydrogen-bond acceptors (Lipinski definition) is 6. The van der Waals surface area contributed by atoms with Crippen molar-refractivity contribution in [3.8, 4) is 11.5 Å². The monoisotopic (exact) mass is 595 g/mol. The molecule has 0 saturated heterocycles. The molecule has 184 valence electrons. The molecular weight excluding hydrogens is 565 g/mol. The minimum absolute atomic E-state index is 0.122. The summed E-state index contributed by atoms with van der Waals surface area (Å²) in [5, 5.41) is 27.4. The van der Waals surface area contributed by atoms with Gasteiger partial charge < -0.3 is 19.7 Å². The molecule has 1 heterocycles. The normalized spacial score (nSPS) is 13.5. The van der Waals surface area contributed by atoms with Crippen LogP contribution >= 0.6 is 34.2 Å². The van der Waals surface area contributed by atoms with Crippen LogP contribution in [0.5, 0.6) is 11.5 Å². The van der Waals surface area contributed by atoms with Crippen molar-refractivity contribution in [2.75, 3.05) is 19.1 Å². The van der Waals surface area contributed by atoms with E-state index in [1.54, 1.807) is 4.68 Å².